The molecule has 23 heavy (non-hydrogen) atoms. The van der Waals surface area contributed by atoms with Crippen LogP contribution in [-0.4, -0.2) is 44.3 Å². The third-order valence-corrected chi connectivity index (χ3v) is 3.24. The fourth-order valence-corrected chi connectivity index (χ4v) is 2.23. The van der Waals surface area contributed by atoms with E-state index in [9.17, 15) is 0 Å². The number of hydrogen-bond donors (Lipinski definition) is 0. The van der Waals surface area contributed by atoms with Gasteiger partial charge in [-0.2, -0.15) is 4.98 Å². The van der Waals surface area contributed by atoms with Crippen LogP contribution >= 0.6 is 0 Å². The molecule has 5 nitrogen and oxygen atoms in total. The van der Waals surface area contributed by atoms with Gasteiger partial charge >= 0.3 is 0 Å². The number of hydrogen-bond acceptors (Lipinski definition) is 4. The molecular formula is C17H26ClN3O2. The lowest BCUT2D eigenvalue weighted by atomic mass is 10.2. The van der Waals surface area contributed by atoms with Crippen molar-refractivity contribution in [2.75, 3.05) is 34.4 Å². The average molecular weight is 340 g/mol. The number of aromatic nitrogens is 2. The summed E-state index contributed by atoms with van der Waals surface area (Å²) >= 11 is 0. The second kappa shape index (κ2) is 8.31. The zero-order valence-corrected chi connectivity index (χ0v) is 15.4. The summed E-state index contributed by atoms with van der Waals surface area (Å²) in [5.41, 5.74) is 0.882. The van der Waals surface area contributed by atoms with Gasteiger partial charge in [0.1, 0.15) is 6.33 Å². The Morgan fingerprint density at radius 1 is 0.913 bits per heavy atom. The zero-order valence-electron chi connectivity index (χ0n) is 14.6. The van der Waals surface area contributed by atoms with Crippen molar-refractivity contribution >= 4 is 16.7 Å². The highest BCUT2D eigenvalue weighted by Crippen LogP contribution is 2.35. The van der Waals surface area contributed by atoms with Crippen LogP contribution in [0.25, 0.3) is 10.9 Å². The van der Waals surface area contributed by atoms with Crippen LogP contribution in [0.5, 0.6) is 11.5 Å². The summed E-state index contributed by atoms with van der Waals surface area (Å²) in [4.78, 5) is 8.84. The minimum atomic E-state index is 0. The molecule has 0 aliphatic heterocycles. The molecule has 1 aromatic heterocycles. The van der Waals surface area contributed by atoms with Crippen molar-refractivity contribution in [1.29, 1.82) is 0 Å². The summed E-state index contributed by atoms with van der Waals surface area (Å²) in [5, 5.41) is 1.00. The Kier molecular flexibility index (Phi) is 7.03. The van der Waals surface area contributed by atoms with Gasteiger partial charge in [-0.25, -0.2) is 4.98 Å². The minimum absolute atomic E-state index is 0. The number of fused-ring (bicyclic) bond motifs is 1. The van der Waals surface area contributed by atoms with Crippen molar-refractivity contribution in [3.05, 3.63) is 18.5 Å². The number of rotatable bonds is 7. The predicted molar refractivity (Wildman–Crippen MR) is 90.7 cm³/mol. The smallest absolute Gasteiger partial charge is 0.238 e. The van der Waals surface area contributed by atoms with Gasteiger partial charge in [0.25, 0.3) is 0 Å². The monoisotopic (exact) mass is 339 g/mol. The normalized spacial score (nSPS) is 11.2. The third kappa shape index (κ3) is 4.69. The Morgan fingerprint density at radius 3 is 2.00 bits per heavy atom. The summed E-state index contributed by atoms with van der Waals surface area (Å²) in [5.74, 6) is 2.49. The molecule has 1 aromatic carbocycles. The molecule has 0 saturated heterocycles. The molecule has 0 unspecified atom stereocenters. The van der Waals surface area contributed by atoms with Gasteiger partial charge in [0.15, 0.2) is 11.5 Å². The fraction of sp³-hybridized carbons (Fsp3) is 0.529. The highest BCUT2D eigenvalue weighted by Gasteiger charge is 2.21. The molecule has 6 heteroatoms. The molecule has 2 rings (SSSR count). The predicted octanol–water partition coefficient (Wildman–Crippen LogP) is 0.408. The molecule has 0 amide bonds. The Morgan fingerprint density at radius 2 is 1.48 bits per heavy atom. The van der Waals surface area contributed by atoms with E-state index in [2.05, 4.69) is 45.0 Å². The van der Waals surface area contributed by atoms with Gasteiger partial charge in [-0.15, -0.1) is 0 Å². The molecule has 0 spiro atoms. The molecule has 0 N–H and O–H groups in total. The maximum absolute atomic E-state index is 5.87. The van der Waals surface area contributed by atoms with Gasteiger partial charge in [-0.05, 0) is 12.8 Å². The summed E-state index contributed by atoms with van der Waals surface area (Å²) < 4.78 is 12.3. The van der Waals surface area contributed by atoms with Gasteiger partial charge in [0, 0.05) is 12.1 Å². The quantitative estimate of drug-likeness (QED) is 0.685. The number of quaternary nitrogens is 1. The average Bonchev–Trinajstić information content (AvgIpc) is 2.48. The highest BCUT2D eigenvalue weighted by molar-refractivity contribution is 5.91. The van der Waals surface area contributed by atoms with Gasteiger partial charge in [-0.1, -0.05) is 13.8 Å². The number of halogens is 1. The van der Waals surface area contributed by atoms with Crippen molar-refractivity contribution < 1.29 is 21.9 Å². The molecule has 0 fully saturated rings. The standard InChI is InChI=1S/C17H26N3O2.ClH/c1-6-8-21-15-10-13-14(11-16(15)22-9-7-2)18-12-19-17(13)20(3,4)5;/h10-12H,6-9H2,1-5H3;1H/q+1;/p-1. The first-order valence-electron chi connectivity index (χ1n) is 7.83. The van der Waals surface area contributed by atoms with Crippen LogP contribution in [0.15, 0.2) is 18.5 Å². The summed E-state index contributed by atoms with van der Waals surface area (Å²) in [6.45, 7) is 5.52. The second-order valence-corrected chi connectivity index (χ2v) is 6.22. The molecule has 128 valence electrons. The van der Waals surface area contributed by atoms with Crippen molar-refractivity contribution in [2.45, 2.75) is 26.7 Å². The van der Waals surface area contributed by atoms with Gasteiger partial charge in [-0.3, -0.25) is 4.48 Å². The topological polar surface area (TPSA) is 44.2 Å². The molecule has 0 saturated carbocycles. The van der Waals surface area contributed by atoms with Crippen molar-refractivity contribution in [3.63, 3.8) is 0 Å². The van der Waals surface area contributed by atoms with Gasteiger partial charge in [0.2, 0.25) is 5.82 Å². The van der Waals surface area contributed by atoms with Crippen molar-refractivity contribution in [1.82, 2.24) is 14.5 Å². The van der Waals surface area contributed by atoms with Gasteiger partial charge < -0.3 is 21.9 Å². The summed E-state index contributed by atoms with van der Waals surface area (Å²) in [7, 11) is 6.28. The lowest BCUT2D eigenvalue weighted by Crippen LogP contribution is -3.00. The minimum Gasteiger partial charge on any atom is -1.00 e. The van der Waals surface area contributed by atoms with Crippen LogP contribution in [0.3, 0.4) is 0 Å². The summed E-state index contributed by atoms with van der Waals surface area (Å²) in [6.07, 6.45) is 3.52. The molecule has 0 radical (unpaired) electrons. The highest BCUT2D eigenvalue weighted by atomic mass is 35.5. The van der Waals surface area contributed by atoms with Crippen molar-refractivity contribution in [3.8, 4) is 11.5 Å². The van der Waals surface area contributed by atoms with Crippen LogP contribution in [0.2, 0.25) is 0 Å². The Labute approximate surface area is 144 Å². The zero-order chi connectivity index (χ0) is 16.2. The first-order chi connectivity index (χ1) is 10.5. The molecule has 0 atom stereocenters. The number of nitrogens with zero attached hydrogens (tertiary/aromatic N) is 3. The largest absolute Gasteiger partial charge is 1.00 e. The maximum Gasteiger partial charge on any atom is 0.238 e. The van der Waals surface area contributed by atoms with Crippen LogP contribution in [0, 0.1) is 0 Å². The lowest BCUT2D eigenvalue weighted by Gasteiger charge is -2.23. The Balaban J connectivity index is 0.00000264. The third-order valence-electron chi connectivity index (χ3n) is 3.24. The van der Waals surface area contributed by atoms with Crippen LogP contribution in [0.1, 0.15) is 26.7 Å². The number of ether oxygens (including phenoxy) is 2. The fourth-order valence-electron chi connectivity index (χ4n) is 2.23. The van der Waals surface area contributed by atoms with Gasteiger partial charge in [0.05, 0.1) is 45.3 Å². The van der Waals surface area contributed by atoms with Crippen LogP contribution in [-0.2, 0) is 0 Å². The molecule has 0 aliphatic carbocycles. The van der Waals surface area contributed by atoms with E-state index < -0.39 is 0 Å². The Bertz CT molecular complexity index is 642. The van der Waals surface area contributed by atoms with Crippen LogP contribution < -0.4 is 26.4 Å². The second-order valence-electron chi connectivity index (χ2n) is 6.22. The van der Waals surface area contributed by atoms with E-state index >= 15 is 0 Å². The van der Waals surface area contributed by atoms with E-state index in [-0.39, 0.29) is 12.4 Å². The molecule has 2 aromatic rings. The summed E-state index contributed by atoms with van der Waals surface area (Å²) in [6, 6.07) is 3.96. The van der Waals surface area contributed by atoms with E-state index in [1.807, 2.05) is 12.1 Å². The van der Waals surface area contributed by atoms with E-state index in [0.717, 1.165) is 41.1 Å². The van der Waals surface area contributed by atoms with E-state index in [1.165, 1.54) is 0 Å². The molecule has 1 heterocycles. The van der Waals surface area contributed by atoms with E-state index in [4.69, 9.17) is 9.47 Å². The SMILES string of the molecule is CCCOc1cc2ncnc([N+](C)(C)C)c2cc1OCCC.[Cl-]. The number of benzene rings is 1. The molecule has 0 aliphatic rings. The first-order valence-corrected chi connectivity index (χ1v) is 7.83. The lowest BCUT2D eigenvalue weighted by molar-refractivity contribution is -0.00000577. The molecular weight excluding hydrogens is 314 g/mol. The van der Waals surface area contributed by atoms with Crippen molar-refractivity contribution in [2.24, 2.45) is 0 Å². The van der Waals surface area contributed by atoms with Crippen LogP contribution in [0.4, 0.5) is 5.82 Å². The maximum atomic E-state index is 5.87. The van der Waals surface area contributed by atoms with E-state index in [0.29, 0.717) is 17.7 Å². The first kappa shape index (κ1) is 19.5. The molecule has 0 bridgehead atoms. The van der Waals surface area contributed by atoms with E-state index in [1.54, 1.807) is 6.33 Å². The Hall–Kier alpha value is -1.59.